The van der Waals surface area contributed by atoms with Gasteiger partial charge in [0.2, 0.25) is 5.82 Å². The number of aliphatic imine (C=N–C) groups is 1. The molecular weight excluding hydrogens is 522 g/mol. The lowest BCUT2D eigenvalue weighted by Crippen LogP contribution is -2.51. The predicted octanol–water partition coefficient (Wildman–Crippen LogP) is 2.70. The highest BCUT2D eigenvalue weighted by molar-refractivity contribution is 7.90. The Bertz CT molecular complexity index is 1430. The summed E-state index contributed by atoms with van der Waals surface area (Å²) in [6.45, 7) is 3.85. The minimum absolute atomic E-state index is 0.0645. The van der Waals surface area contributed by atoms with Crippen LogP contribution in [0.1, 0.15) is 25.2 Å². The fraction of sp³-hybridized carbons (Fsp3) is 0.296. The number of nitrogens with one attached hydrogen (secondary N) is 2. The molecule has 4 rings (SSSR count). The van der Waals surface area contributed by atoms with Crippen molar-refractivity contribution in [3.63, 3.8) is 0 Å². The minimum atomic E-state index is -4.05. The van der Waals surface area contributed by atoms with E-state index in [4.69, 9.17) is 14.2 Å². The maximum Gasteiger partial charge on any atom is 0.347 e. The third kappa shape index (κ3) is 6.84. The summed E-state index contributed by atoms with van der Waals surface area (Å²) in [6.07, 6.45) is 5.19. The lowest BCUT2D eigenvalue weighted by atomic mass is 10.0. The van der Waals surface area contributed by atoms with Crippen molar-refractivity contribution in [2.24, 2.45) is 10.9 Å². The molecule has 1 aromatic heterocycles. The van der Waals surface area contributed by atoms with Crippen molar-refractivity contribution in [2.75, 3.05) is 20.3 Å². The van der Waals surface area contributed by atoms with Crippen molar-refractivity contribution >= 4 is 15.9 Å². The fourth-order valence-electron chi connectivity index (χ4n) is 3.85. The van der Waals surface area contributed by atoms with Crippen LogP contribution < -0.4 is 19.5 Å². The molecule has 1 aliphatic rings. The Morgan fingerprint density at radius 3 is 2.36 bits per heavy atom. The predicted molar refractivity (Wildman–Crippen MR) is 144 cm³/mol. The SMILES string of the molecule is COc1ccccc1OC1(c2ncccn2)N=C(NS(=O)(=O)c2ccc(CC(C)C)cc2)C=C(OCCO)N1. The van der Waals surface area contributed by atoms with Gasteiger partial charge in [0, 0.05) is 18.5 Å². The molecule has 0 spiro atoms. The molecule has 0 aliphatic carbocycles. The number of ether oxygens (including phenoxy) is 3. The number of nitrogens with zero attached hydrogens (tertiary/aromatic N) is 3. The second-order valence-corrected chi connectivity index (χ2v) is 10.7. The molecule has 3 N–H and O–H groups in total. The molecule has 3 aromatic rings. The molecule has 1 aliphatic heterocycles. The number of rotatable bonds is 11. The van der Waals surface area contributed by atoms with Crippen LogP contribution in [0.3, 0.4) is 0 Å². The second-order valence-electron chi connectivity index (χ2n) is 9.02. The summed E-state index contributed by atoms with van der Waals surface area (Å²) in [7, 11) is -2.55. The molecule has 0 radical (unpaired) electrons. The first-order chi connectivity index (χ1) is 18.7. The summed E-state index contributed by atoms with van der Waals surface area (Å²) in [5, 5.41) is 12.3. The Morgan fingerprint density at radius 2 is 1.72 bits per heavy atom. The third-order valence-electron chi connectivity index (χ3n) is 5.50. The largest absolute Gasteiger partial charge is 0.493 e. The highest BCUT2D eigenvalue weighted by Crippen LogP contribution is 2.34. The van der Waals surface area contributed by atoms with Crippen molar-refractivity contribution in [3.8, 4) is 11.5 Å². The molecular formula is C27H31N5O6S. The highest BCUT2D eigenvalue weighted by atomic mass is 32.2. The van der Waals surface area contributed by atoms with Gasteiger partial charge >= 0.3 is 5.85 Å². The number of methoxy groups -OCH3 is 1. The van der Waals surface area contributed by atoms with Gasteiger partial charge in [0.05, 0.1) is 18.6 Å². The van der Waals surface area contributed by atoms with Crippen LogP contribution in [0.15, 0.2) is 88.8 Å². The van der Waals surface area contributed by atoms with Gasteiger partial charge in [0.1, 0.15) is 12.4 Å². The smallest absolute Gasteiger partial charge is 0.347 e. The molecule has 0 amide bonds. The molecule has 1 unspecified atom stereocenters. The first-order valence-corrected chi connectivity index (χ1v) is 13.8. The molecule has 0 bridgehead atoms. The van der Waals surface area contributed by atoms with E-state index in [2.05, 4.69) is 38.8 Å². The van der Waals surface area contributed by atoms with E-state index in [1.165, 1.54) is 25.6 Å². The Morgan fingerprint density at radius 1 is 1.03 bits per heavy atom. The zero-order chi connectivity index (χ0) is 27.9. The highest BCUT2D eigenvalue weighted by Gasteiger charge is 2.43. The van der Waals surface area contributed by atoms with E-state index >= 15 is 0 Å². The summed E-state index contributed by atoms with van der Waals surface area (Å²) in [5.74, 6) is -0.677. The standard InChI is InChI=1S/C27H31N5O6S/c1-19(2)17-20-9-11-21(12-10-20)39(34,35)32-24-18-25(37-16-15-33)31-27(30-24,26-28-13-6-14-29-26)38-23-8-5-4-7-22(23)36-3/h4-14,18-19,31,33H,15-17H2,1-3H3,(H,30,32). The number of sulfonamides is 1. The number of hydrogen-bond acceptors (Lipinski definition) is 10. The molecule has 206 valence electrons. The summed E-state index contributed by atoms with van der Waals surface area (Å²) in [5.41, 5.74) is 1.04. The number of hydrogen-bond donors (Lipinski definition) is 3. The van der Waals surface area contributed by atoms with Crippen LogP contribution in [0.4, 0.5) is 0 Å². The van der Waals surface area contributed by atoms with Gasteiger partial charge in [-0.1, -0.05) is 38.1 Å². The Hall–Kier alpha value is -4.16. The lowest BCUT2D eigenvalue weighted by molar-refractivity contribution is 0.00650. The molecule has 1 atom stereocenters. The van der Waals surface area contributed by atoms with Crippen molar-refractivity contribution in [1.29, 1.82) is 0 Å². The zero-order valence-electron chi connectivity index (χ0n) is 21.9. The fourth-order valence-corrected chi connectivity index (χ4v) is 4.84. The van der Waals surface area contributed by atoms with E-state index in [1.807, 2.05) is 0 Å². The van der Waals surface area contributed by atoms with Crippen molar-refractivity contribution < 1.29 is 27.7 Å². The summed E-state index contributed by atoms with van der Waals surface area (Å²) in [6, 6.07) is 15.2. The van der Waals surface area contributed by atoms with Crippen LogP contribution in [-0.2, 0) is 27.0 Å². The Balaban J connectivity index is 1.76. The van der Waals surface area contributed by atoms with Gasteiger partial charge in [-0.25, -0.2) is 18.4 Å². The van der Waals surface area contributed by atoms with Gasteiger partial charge < -0.3 is 19.3 Å². The zero-order valence-corrected chi connectivity index (χ0v) is 22.7. The molecule has 2 aromatic carbocycles. The average Bonchev–Trinajstić information content (AvgIpc) is 2.92. The van der Waals surface area contributed by atoms with Crippen LogP contribution in [0.2, 0.25) is 0 Å². The molecule has 39 heavy (non-hydrogen) atoms. The monoisotopic (exact) mass is 553 g/mol. The Labute approximate surface area is 227 Å². The van der Waals surface area contributed by atoms with Gasteiger partial charge in [0.15, 0.2) is 17.4 Å². The Kier molecular flexibility index (Phi) is 8.67. The van der Waals surface area contributed by atoms with Crippen molar-refractivity contribution in [3.05, 3.63) is 90.3 Å². The summed E-state index contributed by atoms with van der Waals surface area (Å²) in [4.78, 5) is 13.3. The van der Waals surface area contributed by atoms with Gasteiger partial charge in [0.25, 0.3) is 10.0 Å². The number of benzene rings is 2. The molecule has 2 heterocycles. The van der Waals surface area contributed by atoms with E-state index in [9.17, 15) is 13.5 Å². The first-order valence-electron chi connectivity index (χ1n) is 12.3. The van der Waals surface area contributed by atoms with Crippen LogP contribution >= 0.6 is 0 Å². The third-order valence-corrected chi connectivity index (χ3v) is 6.87. The van der Waals surface area contributed by atoms with Gasteiger partial charge in [-0.3, -0.25) is 10.0 Å². The molecule has 12 heteroatoms. The van der Waals surface area contributed by atoms with E-state index in [-0.39, 0.29) is 41.4 Å². The molecule has 0 fully saturated rings. The average molecular weight is 554 g/mol. The number of aliphatic hydroxyl groups is 1. The van der Waals surface area contributed by atoms with Crippen LogP contribution in [0.5, 0.6) is 11.5 Å². The van der Waals surface area contributed by atoms with E-state index in [0.717, 1.165) is 12.0 Å². The van der Waals surface area contributed by atoms with Gasteiger partial charge in [-0.15, -0.1) is 0 Å². The second kappa shape index (κ2) is 12.1. The number of aromatic nitrogens is 2. The van der Waals surface area contributed by atoms with Crippen LogP contribution in [0, 0.1) is 5.92 Å². The first kappa shape index (κ1) is 27.9. The lowest BCUT2D eigenvalue weighted by Gasteiger charge is -2.34. The van der Waals surface area contributed by atoms with Crippen molar-refractivity contribution in [1.82, 2.24) is 20.0 Å². The molecule has 0 saturated carbocycles. The molecule has 11 nitrogen and oxygen atoms in total. The van der Waals surface area contributed by atoms with Gasteiger partial charge in [-0.05, 0) is 48.2 Å². The molecule has 0 saturated heterocycles. The number of amidine groups is 1. The van der Waals surface area contributed by atoms with E-state index in [1.54, 1.807) is 54.6 Å². The number of aliphatic hydroxyl groups excluding tert-OH is 1. The van der Waals surface area contributed by atoms with Gasteiger partial charge in [-0.2, -0.15) is 4.99 Å². The summed E-state index contributed by atoms with van der Waals surface area (Å²) < 4.78 is 46.6. The quantitative estimate of drug-likeness (QED) is 0.326. The number of para-hydroxylation sites is 2. The van der Waals surface area contributed by atoms with E-state index in [0.29, 0.717) is 11.7 Å². The maximum absolute atomic E-state index is 13.3. The van der Waals surface area contributed by atoms with Crippen molar-refractivity contribution in [2.45, 2.75) is 31.0 Å². The van der Waals surface area contributed by atoms with Crippen LogP contribution in [-0.4, -0.2) is 49.7 Å². The minimum Gasteiger partial charge on any atom is -0.493 e. The van der Waals surface area contributed by atoms with E-state index < -0.39 is 15.9 Å². The van der Waals surface area contributed by atoms with Crippen LogP contribution in [0.25, 0.3) is 0 Å². The normalized spacial score (nSPS) is 17.1. The maximum atomic E-state index is 13.3. The summed E-state index contributed by atoms with van der Waals surface area (Å²) >= 11 is 0. The topological polar surface area (TPSA) is 144 Å².